The van der Waals surface area contributed by atoms with E-state index in [2.05, 4.69) is 17.1 Å². The first-order valence-electron chi connectivity index (χ1n) is 8.48. The van der Waals surface area contributed by atoms with Crippen LogP contribution in [0.3, 0.4) is 0 Å². The summed E-state index contributed by atoms with van der Waals surface area (Å²) in [6.07, 6.45) is 4.59. The summed E-state index contributed by atoms with van der Waals surface area (Å²) in [6, 6.07) is 5.89. The lowest BCUT2D eigenvalue weighted by Gasteiger charge is -2.30. The molecule has 2 aliphatic rings. The molecule has 1 amide bonds. The molecular formula is C18H26N2O2. The fourth-order valence-corrected chi connectivity index (χ4v) is 3.24. The number of hydrogen-bond acceptors (Lipinski definition) is 3. The Bertz CT molecular complexity index is 522. The van der Waals surface area contributed by atoms with Crippen molar-refractivity contribution in [3.05, 3.63) is 29.3 Å². The number of rotatable bonds is 5. The zero-order valence-electron chi connectivity index (χ0n) is 13.4. The molecule has 0 spiro atoms. The highest BCUT2D eigenvalue weighted by Gasteiger charge is 2.17. The molecule has 0 aromatic heterocycles. The molecule has 4 heteroatoms. The normalized spacial score (nSPS) is 19.6. The number of carbonyl (C=O) groups is 1. The van der Waals surface area contributed by atoms with Gasteiger partial charge in [0.2, 0.25) is 0 Å². The minimum absolute atomic E-state index is 0.0223. The second-order valence-corrected chi connectivity index (χ2v) is 6.55. The van der Waals surface area contributed by atoms with E-state index in [-0.39, 0.29) is 5.91 Å². The Morgan fingerprint density at radius 1 is 1.32 bits per heavy atom. The highest BCUT2D eigenvalue weighted by Crippen LogP contribution is 2.21. The van der Waals surface area contributed by atoms with Gasteiger partial charge in [-0.3, -0.25) is 4.79 Å². The third-order valence-electron chi connectivity index (χ3n) is 4.77. The molecule has 0 radical (unpaired) electrons. The minimum Gasteiger partial charge on any atom is -0.494 e. The van der Waals surface area contributed by atoms with Gasteiger partial charge in [0.25, 0.3) is 5.91 Å². The first kappa shape index (κ1) is 15.3. The maximum absolute atomic E-state index is 11.8. The molecule has 0 bridgehead atoms. The number of hydrogen-bond donors (Lipinski definition) is 1. The summed E-state index contributed by atoms with van der Waals surface area (Å²) < 4.78 is 5.83. The molecule has 3 rings (SSSR count). The average molecular weight is 302 g/mol. The van der Waals surface area contributed by atoms with Crippen molar-refractivity contribution in [2.45, 2.75) is 32.6 Å². The first-order chi connectivity index (χ1) is 10.7. The zero-order valence-corrected chi connectivity index (χ0v) is 13.4. The molecule has 1 aromatic rings. The van der Waals surface area contributed by atoms with Crippen LogP contribution in [0.5, 0.6) is 5.75 Å². The van der Waals surface area contributed by atoms with E-state index in [1.807, 2.05) is 18.2 Å². The van der Waals surface area contributed by atoms with Crippen LogP contribution in [0.25, 0.3) is 0 Å². The van der Waals surface area contributed by atoms with Crippen LogP contribution in [0.4, 0.5) is 0 Å². The van der Waals surface area contributed by atoms with Crippen LogP contribution in [-0.4, -0.2) is 43.6 Å². The molecule has 120 valence electrons. The Kier molecular flexibility index (Phi) is 4.98. The maximum Gasteiger partial charge on any atom is 0.251 e. The quantitative estimate of drug-likeness (QED) is 0.850. The second-order valence-electron chi connectivity index (χ2n) is 6.55. The summed E-state index contributed by atoms with van der Waals surface area (Å²) in [7, 11) is 0. The van der Waals surface area contributed by atoms with Crippen molar-refractivity contribution in [1.29, 1.82) is 0 Å². The predicted octanol–water partition coefficient (Wildman–Crippen LogP) is 2.47. The smallest absolute Gasteiger partial charge is 0.251 e. The van der Waals surface area contributed by atoms with E-state index in [0.717, 1.165) is 48.7 Å². The molecule has 0 saturated carbocycles. The van der Waals surface area contributed by atoms with E-state index in [0.29, 0.717) is 6.61 Å². The SMILES string of the molecule is CC1CCN(CCCOc2ccc3c(c2)C(=O)NCC3)CC1. The Labute approximate surface area is 132 Å². The van der Waals surface area contributed by atoms with Crippen molar-refractivity contribution >= 4 is 5.91 Å². The van der Waals surface area contributed by atoms with Gasteiger partial charge in [-0.05, 0) is 62.4 Å². The zero-order chi connectivity index (χ0) is 15.4. The summed E-state index contributed by atoms with van der Waals surface area (Å²) in [4.78, 5) is 14.4. The van der Waals surface area contributed by atoms with E-state index in [1.165, 1.54) is 25.9 Å². The lowest BCUT2D eigenvalue weighted by atomic mass is 9.99. The van der Waals surface area contributed by atoms with Crippen LogP contribution in [0.2, 0.25) is 0 Å². The number of likely N-dealkylation sites (tertiary alicyclic amines) is 1. The number of fused-ring (bicyclic) bond motifs is 1. The third kappa shape index (κ3) is 3.80. The summed E-state index contributed by atoms with van der Waals surface area (Å²) in [6.45, 7) is 7.35. The lowest BCUT2D eigenvalue weighted by molar-refractivity contribution is 0.0945. The average Bonchev–Trinajstić information content (AvgIpc) is 2.54. The van der Waals surface area contributed by atoms with Crippen LogP contribution < -0.4 is 10.1 Å². The van der Waals surface area contributed by atoms with Gasteiger partial charge < -0.3 is 15.0 Å². The highest BCUT2D eigenvalue weighted by atomic mass is 16.5. The van der Waals surface area contributed by atoms with Gasteiger partial charge in [0.1, 0.15) is 5.75 Å². The first-order valence-corrected chi connectivity index (χ1v) is 8.48. The van der Waals surface area contributed by atoms with Crippen molar-refractivity contribution < 1.29 is 9.53 Å². The standard InChI is InChI=1S/C18H26N2O2/c1-14-6-10-20(11-7-14)9-2-12-22-16-4-3-15-5-8-19-18(21)17(15)13-16/h3-4,13-14H,2,5-12H2,1H3,(H,19,21). The topological polar surface area (TPSA) is 41.6 Å². The van der Waals surface area contributed by atoms with Crippen LogP contribution in [0.1, 0.15) is 42.1 Å². The summed E-state index contributed by atoms with van der Waals surface area (Å²) >= 11 is 0. The van der Waals surface area contributed by atoms with Crippen molar-refractivity contribution in [2.75, 3.05) is 32.8 Å². The van der Waals surface area contributed by atoms with Gasteiger partial charge in [0, 0.05) is 18.7 Å². The molecule has 0 aliphatic carbocycles. The van der Waals surface area contributed by atoms with Crippen molar-refractivity contribution in [1.82, 2.24) is 10.2 Å². The molecule has 0 atom stereocenters. The van der Waals surface area contributed by atoms with Crippen LogP contribution in [0.15, 0.2) is 18.2 Å². The largest absolute Gasteiger partial charge is 0.494 e. The Morgan fingerprint density at radius 3 is 2.95 bits per heavy atom. The van der Waals surface area contributed by atoms with Gasteiger partial charge in [0.05, 0.1) is 6.61 Å². The minimum atomic E-state index is 0.0223. The monoisotopic (exact) mass is 302 g/mol. The molecule has 22 heavy (non-hydrogen) atoms. The predicted molar refractivity (Wildman–Crippen MR) is 87.4 cm³/mol. The van der Waals surface area contributed by atoms with E-state index < -0.39 is 0 Å². The number of benzene rings is 1. The van der Waals surface area contributed by atoms with Gasteiger partial charge in [-0.2, -0.15) is 0 Å². The number of carbonyl (C=O) groups excluding carboxylic acids is 1. The molecule has 2 heterocycles. The van der Waals surface area contributed by atoms with E-state index in [1.54, 1.807) is 0 Å². The molecule has 1 N–H and O–H groups in total. The van der Waals surface area contributed by atoms with Gasteiger partial charge in [0.15, 0.2) is 0 Å². The lowest BCUT2D eigenvalue weighted by Crippen LogP contribution is -2.34. The Morgan fingerprint density at radius 2 is 2.14 bits per heavy atom. The number of nitrogens with one attached hydrogen (secondary N) is 1. The maximum atomic E-state index is 11.8. The second kappa shape index (κ2) is 7.14. The summed E-state index contributed by atoms with van der Waals surface area (Å²) in [5, 5.41) is 2.88. The number of nitrogens with zero attached hydrogens (tertiary/aromatic N) is 1. The molecule has 2 aliphatic heterocycles. The fourth-order valence-electron chi connectivity index (χ4n) is 3.24. The van der Waals surface area contributed by atoms with Gasteiger partial charge in [-0.1, -0.05) is 13.0 Å². The van der Waals surface area contributed by atoms with Gasteiger partial charge in [-0.25, -0.2) is 0 Å². The van der Waals surface area contributed by atoms with E-state index >= 15 is 0 Å². The van der Waals surface area contributed by atoms with Crippen LogP contribution >= 0.6 is 0 Å². The highest BCUT2D eigenvalue weighted by molar-refractivity contribution is 5.97. The number of piperidine rings is 1. The molecule has 4 nitrogen and oxygen atoms in total. The van der Waals surface area contributed by atoms with Gasteiger partial charge >= 0.3 is 0 Å². The van der Waals surface area contributed by atoms with Crippen molar-refractivity contribution in [3.63, 3.8) is 0 Å². The van der Waals surface area contributed by atoms with Crippen molar-refractivity contribution in [2.24, 2.45) is 5.92 Å². The van der Waals surface area contributed by atoms with E-state index in [9.17, 15) is 4.79 Å². The van der Waals surface area contributed by atoms with Crippen LogP contribution in [0, 0.1) is 5.92 Å². The van der Waals surface area contributed by atoms with Crippen LogP contribution in [-0.2, 0) is 6.42 Å². The molecule has 0 unspecified atom stereocenters. The molecule has 1 fully saturated rings. The number of amides is 1. The Balaban J connectivity index is 1.44. The van der Waals surface area contributed by atoms with E-state index in [4.69, 9.17) is 4.74 Å². The van der Waals surface area contributed by atoms with Crippen molar-refractivity contribution in [3.8, 4) is 5.75 Å². The summed E-state index contributed by atoms with van der Waals surface area (Å²) in [5.41, 5.74) is 1.90. The van der Waals surface area contributed by atoms with Gasteiger partial charge in [-0.15, -0.1) is 0 Å². The molecule has 1 saturated heterocycles. The third-order valence-corrected chi connectivity index (χ3v) is 4.77. The Hall–Kier alpha value is -1.55. The molecule has 1 aromatic carbocycles. The summed E-state index contributed by atoms with van der Waals surface area (Å²) in [5.74, 6) is 1.71. The molecular weight excluding hydrogens is 276 g/mol. The number of ether oxygens (including phenoxy) is 1. The fraction of sp³-hybridized carbons (Fsp3) is 0.611.